The Morgan fingerprint density at radius 2 is 1.79 bits per heavy atom. The number of rotatable bonds is 4. The van der Waals surface area contributed by atoms with Gasteiger partial charge in [0.05, 0.1) is 25.2 Å². The minimum absolute atomic E-state index is 0.239. The van der Waals surface area contributed by atoms with E-state index in [-0.39, 0.29) is 16.5 Å². The van der Waals surface area contributed by atoms with Crippen molar-refractivity contribution in [2.24, 2.45) is 0 Å². The Bertz CT molecular complexity index is 1070. The topological polar surface area (TPSA) is 63.9 Å². The third kappa shape index (κ3) is 3.29. The van der Waals surface area contributed by atoms with E-state index in [1.165, 1.54) is 26.4 Å². The van der Waals surface area contributed by atoms with Crippen LogP contribution in [0.25, 0.3) is 22.1 Å². The molecule has 0 spiro atoms. The van der Waals surface area contributed by atoms with Crippen LogP contribution in [-0.2, 0) is 0 Å². The highest BCUT2D eigenvalue weighted by Gasteiger charge is 2.17. The van der Waals surface area contributed by atoms with Crippen LogP contribution in [0.3, 0.4) is 0 Å². The van der Waals surface area contributed by atoms with Crippen LogP contribution >= 0.6 is 0 Å². The van der Waals surface area contributed by atoms with E-state index in [1.54, 1.807) is 24.3 Å². The number of anilines is 1. The first-order valence-corrected chi connectivity index (χ1v) is 9.06. The zero-order valence-electron chi connectivity index (χ0n) is 15.8. The van der Waals surface area contributed by atoms with Gasteiger partial charge in [-0.3, -0.25) is 0 Å². The summed E-state index contributed by atoms with van der Waals surface area (Å²) >= 11 is 0. The number of nitrogens with zero attached hydrogens (tertiary/aromatic N) is 1. The molecule has 4 rings (SSSR count). The molecule has 0 radical (unpaired) electrons. The maximum Gasteiger partial charge on any atom is 0.344 e. The van der Waals surface area contributed by atoms with Gasteiger partial charge in [-0.2, -0.15) is 0 Å². The van der Waals surface area contributed by atoms with E-state index in [0.717, 1.165) is 26.2 Å². The van der Waals surface area contributed by atoms with Gasteiger partial charge in [-0.1, -0.05) is 6.07 Å². The van der Waals surface area contributed by atoms with Crippen molar-refractivity contribution in [3.05, 3.63) is 52.6 Å². The van der Waals surface area contributed by atoms with Crippen molar-refractivity contribution >= 4 is 16.7 Å². The fourth-order valence-electron chi connectivity index (χ4n) is 3.47. The molecule has 2 aromatic carbocycles. The van der Waals surface area contributed by atoms with Crippen molar-refractivity contribution in [2.75, 3.05) is 45.3 Å². The molecule has 2 heterocycles. The monoisotopic (exact) mass is 384 g/mol. The quantitative estimate of drug-likeness (QED) is 0.698. The fraction of sp³-hybridized carbons (Fsp3) is 0.286. The Morgan fingerprint density at radius 3 is 2.50 bits per heavy atom. The summed E-state index contributed by atoms with van der Waals surface area (Å²) in [6.45, 7) is 3.22. The summed E-state index contributed by atoms with van der Waals surface area (Å²) in [5, 5.41) is 3.53. The molecule has 0 atom stereocenters. The minimum Gasteiger partial charge on any atom is -0.493 e. The second-order valence-electron chi connectivity index (χ2n) is 6.59. The lowest BCUT2D eigenvalue weighted by Gasteiger charge is -2.29. The number of piperazine rings is 1. The number of nitrogens with one attached hydrogen (secondary N) is 1. The van der Waals surface area contributed by atoms with Crippen molar-refractivity contribution in [3.8, 4) is 22.6 Å². The summed E-state index contributed by atoms with van der Waals surface area (Å²) in [4.78, 5) is 14.7. The van der Waals surface area contributed by atoms with Gasteiger partial charge in [0, 0.05) is 37.9 Å². The molecule has 0 unspecified atom stereocenters. The fourth-order valence-corrected chi connectivity index (χ4v) is 3.47. The first-order valence-electron chi connectivity index (χ1n) is 9.06. The number of ether oxygens (including phenoxy) is 2. The van der Waals surface area contributed by atoms with E-state index in [0.29, 0.717) is 22.7 Å². The molecule has 1 N–H and O–H groups in total. The van der Waals surface area contributed by atoms with Crippen LogP contribution in [-0.4, -0.2) is 40.4 Å². The van der Waals surface area contributed by atoms with Gasteiger partial charge in [-0.05, 0) is 29.8 Å². The standard InChI is InChI=1S/C21H21FN2O4/c1-26-18-4-3-13(9-20(18)27-2)15-12-16-17(22)10-14(11-19(16)28-21(15)25)24-7-5-23-6-8-24/h3-4,9-12,23H,5-8H2,1-2H3. The first-order chi connectivity index (χ1) is 13.6. The van der Waals surface area contributed by atoms with Crippen LogP contribution in [0.15, 0.2) is 45.6 Å². The predicted molar refractivity (Wildman–Crippen MR) is 106 cm³/mol. The number of methoxy groups -OCH3 is 2. The van der Waals surface area contributed by atoms with Crippen LogP contribution < -0.4 is 25.3 Å². The lowest BCUT2D eigenvalue weighted by Crippen LogP contribution is -2.43. The maximum atomic E-state index is 14.8. The van der Waals surface area contributed by atoms with Crippen LogP contribution in [0, 0.1) is 5.82 Å². The maximum absolute atomic E-state index is 14.8. The molecule has 0 amide bonds. The normalized spacial score (nSPS) is 14.3. The van der Waals surface area contributed by atoms with E-state index in [1.807, 2.05) is 0 Å². The minimum atomic E-state index is -0.531. The Kier molecular flexibility index (Phi) is 4.92. The lowest BCUT2D eigenvalue weighted by atomic mass is 10.0. The summed E-state index contributed by atoms with van der Waals surface area (Å²) in [6, 6.07) is 9.83. The summed E-state index contributed by atoms with van der Waals surface area (Å²) < 4.78 is 30.8. The molecule has 0 aliphatic carbocycles. The summed E-state index contributed by atoms with van der Waals surface area (Å²) in [5.74, 6) is 0.605. The van der Waals surface area contributed by atoms with Gasteiger partial charge in [0.1, 0.15) is 11.4 Å². The summed E-state index contributed by atoms with van der Waals surface area (Å²) in [7, 11) is 3.05. The van der Waals surface area contributed by atoms with Crippen LogP contribution in [0.5, 0.6) is 11.5 Å². The smallest absolute Gasteiger partial charge is 0.344 e. The molecule has 28 heavy (non-hydrogen) atoms. The Labute approximate surface area is 161 Å². The average molecular weight is 384 g/mol. The van der Waals surface area contributed by atoms with Crippen LogP contribution in [0.2, 0.25) is 0 Å². The van der Waals surface area contributed by atoms with Crippen molar-refractivity contribution in [1.29, 1.82) is 0 Å². The van der Waals surface area contributed by atoms with Gasteiger partial charge in [0.15, 0.2) is 11.5 Å². The van der Waals surface area contributed by atoms with Gasteiger partial charge in [-0.15, -0.1) is 0 Å². The van der Waals surface area contributed by atoms with E-state index < -0.39 is 11.4 Å². The molecular formula is C21H21FN2O4. The van der Waals surface area contributed by atoms with Gasteiger partial charge in [0.25, 0.3) is 0 Å². The molecule has 1 fully saturated rings. The highest BCUT2D eigenvalue weighted by atomic mass is 19.1. The van der Waals surface area contributed by atoms with E-state index >= 15 is 0 Å². The second-order valence-corrected chi connectivity index (χ2v) is 6.59. The molecule has 3 aromatic rings. The third-order valence-corrected chi connectivity index (χ3v) is 4.96. The largest absolute Gasteiger partial charge is 0.493 e. The number of benzene rings is 2. The molecule has 1 aromatic heterocycles. The molecule has 1 aliphatic heterocycles. The lowest BCUT2D eigenvalue weighted by molar-refractivity contribution is 0.355. The third-order valence-electron chi connectivity index (χ3n) is 4.96. The van der Waals surface area contributed by atoms with Crippen LogP contribution in [0.1, 0.15) is 0 Å². The number of halogens is 1. The Hall–Kier alpha value is -3.06. The first kappa shape index (κ1) is 18.3. The predicted octanol–water partition coefficient (Wildman–Crippen LogP) is 3.03. The van der Waals surface area contributed by atoms with Crippen molar-refractivity contribution in [2.45, 2.75) is 0 Å². The van der Waals surface area contributed by atoms with Gasteiger partial charge >= 0.3 is 5.63 Å². The van der Waals surface area contributed by atoms with E-state index in [9.17, 15) is 9.18 Å². The van der Waals surface area contributed by atoms with E-state index in [2.05, 4.69) is 10.2 Å². The van der Waals surface area contributed by atoms with Gasteiger partial charge < -0.3 is 24.1 Å². The molecular weight excluding hydrogens is 363 g/mol. The Morgan fingerprint density at radius 1 is 1.04 bits per heavy atom. The molecule has 0 bridgehead atoms. The summed E-state index contributed by atoms with van der Waals surface area (Å²) in [6.07, 6.45) is 0. The summed E-state index contributed by atoms with van der Waals surface area (Å²) in [5.41, 5.74) is 1.26. The Balaban J connectivity index is 1.80. The highest BCUT2D eigenvalue weighted by molar-refractivity contribution is 5.85. The highest BCUT2D eigenvalue weighted by Crippen LogP contribution is 2.33. The average Bonchev–Trinajstić information content (AvgIpc) is 2.73. The SMILES string of the molecule is COc1ccc(-c2cc3c(F)cc(N4CCNCC4)cc3oc2=O)cc1OC. The van der Waals surface area contributed by atoms with Crippen molar-refractivity contribution in [1.82, 2.24) is 5.32 Å². The number of hydrogen-bond acceptors (Lipinski definition) is 6. The molecule has 146 valence electrons. The van der Waals surface area contributed by atoms with E-state index in [4.69, 9.17) is 13.9 Å². The van der Waals surface area contributed by atoms with Crippen molar-refractivity contribution in [3.63, 3.8) is 0 Å². The van der Waals surface area contributed by atoms with Gasteiger partial charge in [-0.25, -0.2) is 9.18 Å². The molecule has 0 saturated carbocycles. The molecule has 6 nitrogen and oxygen atoms in total. The zero-order valence-corrected chi connectivity index (χ0v) is 15.8. The number of hydrogen-bond donors (Lipinski definition) is 1. The molecule has 1 aliphatic rings. The molecule has 1 saturated heterocycles. The number of fused-ring (bicyclic) bond motifs is 1. The van der Waals surface area contributed by atoms with Crippen molar-refractivity contribution < 1.29 is 18.3 Å². The second kappa shape index (κ2) is 7.52. The van der Waals surface area contributed by atoms with Gasteiger partial charge in [0.2, 0.25) is 0 Å². The van der Waals surface area contributed by atoms with Crippen LogP contribution in [0.4, 0.5) is 10.1 Å². The zero-order chi connectivity index (χ0) is 19.7. The molecule has 7 heteroatoms.